The van der Waals surface area contributed by atoms with Crippen molar-refractivity contribution in [2.24, 2.45) is 0 Å². The number of hydrogen-bond donors (Lipinski definition) is 0. The molecule has 1 nitrogen and oxygen atoms in total. The van der Waals surface area contributed by atoms with Gasteiger partial charge in [-0.2, -0.15) is 0 Å². The molecule has 0 fully saturated rings. The molecule has 1 atom stereocenters. The Kier molecular flexibility index (Phi) is 1.87. The Morgan fingerprint density at radius 2 is 2.23 bits per heavy atom. The monoisotopic (exact) mass is 174 g/mol. The maximum Gasteiger partial charge on any atom is 0.123 e. The van der Waals surface area contributed by atoms with Gasteiger partial charge in [0.1, 0.15) is 5.75 Å². The van der Waals surface area contributed by atoms with Gasteiger partial charge >= 0.3 is 0 Å². The van der Waals surface area contributed by atoms with Crippen molar-refractivity contribution in [3.63, 3.8) is 0 Å². The summed E-state index contributed by atoms with van der Waals surface area (Å²) in [7, 11) is 0. The van der Waals surface area contributed by atoms with Crippen LogP contribution in [-0.4, -0.2) is 6.61 Å². The van der Waals surface area contributed by atoms with E-state index in [1.165, 1.54) is 5.56 Å². The van der Waals surface area contributed by atoms with Gasteiger partial charge in [0.2, 0.25) is 0 Å². The maximum absolute atomic E-state index is 5.57. The van der Waals surface area contributed by atoms with Gasteiger partial charge in [-0.3, -0.25) is 0 Å². The highest BCUT2D eigenvalue weighted by Crippen LogP contribution is 2.38. The van der Waals surface area contributed by atoms with Gasteiger partial charge in [0.05, 0.1) is 6.61 Å². The van der Waals surface area contributed by atoms with Gasteiger partial charge in [-0.15, -0.1) is 6.58 Å². The molecule has 0 radical (unpaired) electrons. The standard InChI is InChI=1S/C12H14O/c1-3-12(2)8-9-13-11-7-5-4-6-10(11)12/h3-7H,1,8-9H2,2H3/t12-/m0/s1. The van der Waals surface area contributed by atoms with Crippen LogP contribution in [-0.2, 0) is 5.41 Å². The Labute approximate surface area is 79.0 Å². The lowest BCUT2D eigenvalue weighted by Crippen LogP contribution is -2.27. The van der Waals surface area contributed by atoms with Crippen molar-refractivity contribution in [2.75, 3.05) is 6.61 Å². The smallest absolute Gasteiger partial charge is 0.123 e. The highest BCUT2D eigenvalue weighted by atomic mass is 16.5. The normalized spacial score (nSPS) is 25.9. The summed E-state index contributed by atoms with van der Waals surface area (Å²) in [5.74, 6) is 1.01. The van der Waals surface area contributed by atoms with Gasteiger partial charge < -0.3 is 4.74 Å². The van der Waals surface area contributed by atoms with E-state index in [0.29, 0.717) is 0 Å². The number of benzene rings is 1. The first-order valence-corrected chi connectivity index (χ1v) is 4.62. The summed E-state index contributed by atoms with van der Waals surface area (Å²) in [5.41, 5.74) is 1.35. The molecule has 0 aromatic heterocycles. The van der Waals surface area contributed by atoms with Crippen LogP contribution in [0.2, 0.25) is 0 Å². The van der Waals surface area contributed by atoms with Crippen LogP contribution in [0.3, 0.4) is 0 Å². The first kappa shape index (κ1) is 8.36. The maximum atomic E-state index is 5.57. The lowest BCUT2D eigenvalue weighted by molar-refractivity contribution is 0.247. The van der Waals surface area contributed by atoms with E-state index < -0.39 is 0 Å². The molecule has 1 heteroatoms. The number of allylic oxidation sites excluding steroid dienone is 1. The molecule has 1 aliphatic rings. The van der Waals surface area contributed by atoms with Crippen molar-refractivity contribution in [3.8, 4) is 5.75 Å². The summed E-state index contributed by atoms with van der Waals surface area (Å²) >= 11 is 0. The largest absolute Gasteiger partial charge is 0.493 e. The molecule has 0 amide bonds. The van der Waals surface area contributed by atoms with Gasteiger partial charge in [0.15, 0.2) is 0 Å². The van der Waals surface area contributed by atoms with Crippen molar-refractivity contribution >= 4 is 0 Å². The molecular weight excluding hydrogens is 160 g/mol. The molecule has 0 spiro atoms. The average molecular weight is 174 g/mol. The lowest BCUT2D eigenvalue weighted by atomic mass is 9.78. The van der Waals surface area contributed by atoms with Gasteiger partial charge in [0, 0.05) is 11.0 Å². The van der Waals surface area contributed by atoms with E-state index >= 15 is 0 Å². The molecule has 0 saturated heterocycles. The summed E-state index contributed by atoms with van der Waals surface area (Å²) in [6.07, 6.45) is 3.04. The van der Waals surface area contributed by atoms with E-state index in [1.807, 2.05) is 18.2 Å². The zero-order valence-corrected chi connectivity index (χ0v) is 7.92. The highest BCUT2D eigenvalue weighted by molar-refractivity contribution is 5.43. The molecule has 0 N–H and O–H groups in total. The van der Waals surface area contributed by atoms with Crippen LogP contribution in [0.15, 0.2) is 36.9 Å². The van der Waals surface area contributed by atoms with Crippen LogP contribution < -0.4 is 4.74 Å². The van der Waals surface area contributed by atoms with Gasteiger partial charge in [0.25, 0.3) is 0 Å². The number of para-hydroxylation sites is 1. The SMILES string of the molecule is C=C[C@@]1(C)CCOc2ccccc21. The first-order valence-electron chi connectivity index (χ1n) is 4.62. The predicted molar refractivity (Wildman–Crippen MR) is 54.1 cm³/mol. The molecule has 0 saturated carbocycles. The first-order chi connectivity index (χ1) is 6.26. The van der Waals surface area contributed by atoms with Crippen LogP contribution in [0.25, 0.3) is 0 Å². The Morgan fingerprint density at radius 3 is 3.00 bits per heavy atom. The third kappa shape index (κ3) is 1.24. The fraction of sp³-hybridized carbons (Fsp3) is 0.333. The van der Waals surface area contributed by atoms with Gasteiger partial charge in [-0.05, 0) is 12.5 Å². The molecule has 1 heterocycles. The van der Waals surface area contributed by atoms with Crippen molar-refractivity contribution in [1.82, 2.24) is 0 Å². The van der Waals surface area contributed by atoms with E-state index in [4.69, 9.17) is 4.74 Å². The van der Waals surface area contributed by atoms with Crippen LogP contribution >= 0.6 is 0 Å². The molecule has 0 aliphatic carbocycles. The molecule has 13 heavy (non-hydrogen) atoms. The minimum Gasteiger partial charge on any atom is -0.493 e. The summed E-state index contributed by atoms with van der Waals surface area (Å²) < 4.78 is 5.57. The second kappa shape index (κ2) is 2.91. The minimum atomic E-state index is 0.0921. The van der Waals surface area contributed by atoms with E-state index in [-0.39, 0.29) is 5.41 Å². The molecule has 1 aliphatic heterocycles. The third-order valence-electron chi connectivity index (χ3n) is 2.83. The Morgan fingerprint density at radius 1 is 1.46 bits per heavy atom. The second-order valence-electron chi connectivity index (χ2n) is 3.72. The highest BCUT2D eigenvalue weighted by Gasteiger charge is 2.29. The Balaban J connectivity index is 2.54. The molecule has 2 rings (SSSR count). The molecule has 0 bridgehead atoms. The zero-order chi connectivity index (χ0) is 9.31. The second-order valence-corrected chi connectivity index (χ2v) is 3.72. The summed E-state index contributed by atoms with van der Waals surface area (Å²) in [4.78, 5) is 0. The van der Waals surface area contributed by atoms with Gasteiger partial charge in [-0.25, -0.2) is 0 Å². The fourth-order valence-electron chi connectivity index (χ4n) is 1.78. The number of ether oxygens (including phenoxy) is 1. The van der Waals surface area contributed by atoms with E-state index in [0.717, 1.165) is 18.8 Å². The molecule has 68 valence electrons. The third-order valence-corrected chi connectivity index (χ3v) is 2.83. The Bertz CT molecular complexity index is 330. The number of hydrogen-bond acceptors (Lipinski definition) is 1. The summed E-state index contributed by atoms with van der Waals surface area (Å²) in [6, 6.07) is 8.20. The zero-order valence-electron chi connectivity index (χ0n) is 7.92. The summed E-state index contributed by atoms with van der Waals surface area (Å²) in [6.45, 7) is 6.90. The van der Waals surface area contributed by atoms with Crippen LogP contribution in [0.1, 0.15) is 18.9 Å². The van der Waals surface area contributed by atoms with E-state index in [9.17, 15) is 0 Å². The van der Waals surface area contributed by atoms with E-state index in [2.05, 4.69) is 25.6 Å². The lowest BCUT2D eigenvalue weighted by Gasteiger charge is -2.32. The number of rotatable bonds is 1. The van der Waals surface area contributed by atoms with Crippen molar-refractivity contribution in [2.45, 2.75) is 18.8 Å². The topological polar surface area (TPSA) is 9.23 Å². The average Bonchev–Trinajstić information content (AvgIpc) is 2.19. The Hall–Kier alpha value is -1.24. The minimum absolute atomic E-state index is 0.0921. The predicted octanol–water partition coefficient (Wildman–Crippen LogP) is 2.91. The van der Waals surface area contributed by atoms with Crippen LogP contribution in [0.4, 0.5) is 0 Å². The van der Waals surface area contributed by atoms with Gasteiger partial charge in [-0.1, -0.05) is 31.2 Å². The number of fused-ring (bicyclic) bond motifs is 1. The van der Waals surface area contributed by atoms with E-state index in [1.54, 1.807) is 0 Å². The van der Waals surface area contributed by atoms with Crippen molar-refractivity contribution in [3.05, 3.63) is 42.5 Å². The van der Waals surface area contributed by atoms with Crippen molar-refractivity contribution in [1.29, 1.82) is 0 Å². The molecular formula is C12H14O. The molecule has 1 aromatic rings. The van der Waals surface area contributed by atoms with Crippen molar-refractivity contribution < 1.29 is 4.74 Å². The molecule has 1 aromatic carbocycles. The quantitative estimate of drug-likeness (QED) is 0.595. The van der Waals surface area contributed by atoms with Crippen LogP contribution in [0, 0.1) is 0 Å². The fourth-order valence-corrected chi connectivity index (χ4v) is 1.78. The summed E-state index contributed by atoms with van der Waals surface area (Å²) in [5, 5.41) is 0. The van der Waals surface area contributed by atoms with Crippen LogP contribution in [0.5, 0.6) is 5.75 Å². The molecule has 0 unspecified atom stereocenters.